The molecule has 0 saturated carbocycles. The molecule has 1 unspecified atom stereocenters. The van der Waals surface area contributed by atoms with Crippen molar-refractivity contribution in [2.45, 2.75) is 26.3 Å². The van der Waals surface area contributed by atoms with Crippen molar-refractivity contribution in [3.05, 3.63) is 65.0 Å². The minimum atomic E-state index is -1.10. The van der Waals surface area contributed by atoms with Crippen LogP contribution in [0.3, 0.4) is 0 Å². The molecular formula is C17H19FN2O. The van der Waals surface area contributed by atoms with Gasteiger partial charge in [-0.05, 0) is 55.7 Å². The molecule has 0 fully saturated rings. The van der Waals surface area contributed by atoms with Crippen LogP contribution in [0.4, 0.5) is 10.1 Å². The van der Waals surface area contributed by atoms with Gasteiger partial charge in [0.25, 0.3) is 0 Å². The summed E-state index contributed by atoms with van der Waals surface area (Å²) in [5, 5.41) is 3.04. The van der Waals surface area contributed by atoms with Gasteiger partial charge in [0.05, 0.1) is 0 Å². The summed E-state index contributed by atoms with van der Waals surface area (Å²) in [5.74, 6) is -0.887. The Hall–Kier alpha value is -2.36. The van der Waals surface area contributed by atoms with Crippen molar-refractivity contribution in [3.63, 3.8) is 0 Å². The van der Waals surface area contributed by atoms with Gasteiger partial charge in [0.15, 0.2) is 0 Å². The Morgan fingerprint density at radius 2 is 1.86 bits per heavy atom. The zero-order valence-corrected chi connectivity index (χ0v) is 12.4. The summed E-state index contributed by atoms with van der Waals surface area (Å²) in [6, 6.07) is 11.7. The fourth-order valence-corrected chi connectivity index (χ4v) is 2.18. The minimum Gasteiger partial charge on any atom is -0.368 e. The molecule has 2 aromatic carbocycles. The van der Waals surface area contributed by atoms with Crippen molar-refractivity contribution in [3.8, 4) is 0 Å². The van der Waals surface area contributed by atoms with E-state index in [2.05, 4.69) is 5.32 Å². The number of aryl methyl sites for hydroxylation is 2. The molecule has 0 saturated heterocycles. The zero-order chi connectivity index (χ0) is 15.6. The normalized spacial score (nSPS) is 13.5. The summed E-state index contributed by atoms with van der Waals surface area (Å²) in [7, 11) is 0. The van der Waals surface area contributed by atoms with Crippen LogP contribution in [0, 0.1) is 19.7 Å². The van der Waals surface area contributed by atoms with Crippen LogP contribution in [0.25, 0.3) is 0 Å². The maximum Gasteiger partial charge on any atom is 0.247 e. The Morgan fingerprint density at radius 1 is 1.14 bits per heavy atom. The lowest BCUT2D eigenvalue weighted by Gasteiger charge is -2.29. The predicted molar refractivity (Wildman–Crippen MR) is 82.5 cm³/mol. The summed E-state index contributed by atoms with van der Waals surface area (Å²) in [4.78, 5) is 12.0. The highest BCUT2D eigenvalue weighted by Gasteiger charge is 2.33. The van der Waals surface area contributed by atoms with Gasteiger partial charge in [-0.3, -0.25) is 4.79 Å². The molecule has 1 atom stereocenters. The number of hydrogen-bond donors (Lipinski definition) is 2. The standard InChI is InChI=1S/C17H19FN2O/c1-11-7-8-13(9-12(11)2)17(3,16(19)21)20-15-6-4-5-14(18)10-15/h4-10,20H,1-3H3,(H2,19,21). The van der Waals surface area contributed by atoms with Gasteiger partial charge in [-0.1, -0.05) is 24.3 Å². The molecule has 0 bridgehead atoms. The molecule has 4 heteroatoms. The molecule has 0 spiro atoms. The number of halogens is 1. The second-order valence-corrected chi connectivity index (χ2v) is 5.42. The van der Waals surface area contributed by atoms with Gasteiger partial charge in [-0.25, -0.2) is 4.39 Å². The van der Waals surface area contributed by atoms with Crippen LogP contribution in [-0.2, 0) is 10.3 Å². The maximum atomic E-state index is 13.3. The van der Waals surface area contributed by atoms with Gasteiger partial charge >= 0.3 is 0 Å². The summed E-state index contributed by atoms with van der Waals surface area (Å²) in [6.07, 6.45) is 0. The number of primary amides is 1. The number of rotatable bonds is 4. The van der Waals surface area contributed by atoms with Crippen LogP contribution in [0.5, 0.6) is 0 Å². The highest BCUT2D eigenvalue weighted by Crippen LogP contribution is 2.27. The SMILES string of the molecule is Cc1ccc(C(C)(Nc2cccc(F)c2)C(N)=O)cc1C. The Labute approximate surface area is 124 Å². The van der Waals surface area contributed by atoms with E-state index in [9.17, 15) is 9.18 Å². The van der Waals surface area contributed by atoms with Crippen molar-refractivity contribution in [2.75, 3.05) is 5.32 Å². The van der Waals surface area contributed by atoms with Gasteiger partial charge in [0.1, 0.15) is 11.4 Å². The van der Waals surface area contributed by atoms with E-state index in [1.807, 2.05) is 32.0 Å². The third-order valence-corrected chi connectivity index (χ3v) is 3.80. The molecule has 1 amide bonds. The number of nitrogens with two attached hydrogens (primary N) is 1. The Kier molecular flexibility index (Phi) is 3.98. The predicted octanol–water partition coefficient (Wildman–Crippen LogP) is 3.26. The number of hydrogen-bond acceptors (Lipinski definition) is 2. The molecule has 21 heavy (non-hydrogen) atoms. The maximum absolute atomic E-state index is 13.3. The lowest BCUT2D eigenvalue weighted by Crippen LogP contribution is -2.45. The summed E-state index contributed by atoms with van der Waals surface area (Å²) in [6.45, 7) is 5.67. The molecule has 0 aliphatic rings. The molecule has 0 radical (unpaired) electrons. The first-order valence-electron chi connectivity index (χ1n) is 6.74. The molecular weight excluding hydrogens is 267 g/mol. The number of nitrogens with one attached hydrogen (secondary N) is 1. The van der Waals surface area contributed by atoms with Crippen LogP contribution < -0.4 is 11.1 Å². The third-order valence-electron chi connectivity index (χ3n) is 3.80. The smallest absolute Gasteiger partial charge is 0.247 e. The molecule has 2 rings (SSSR count). The molecule has 0 heterocycles. The molecule has 0 aromatic heterocycles. The number of carbonyl (C=O) groups is 1. The second-order valence-electron chi connectivity index (χ2n) is 5.42. The molecule has 2 aromatic rings. The van der Waals surface area contributed by atoms with E-state index in [1.54, 1.807) is 19.1 Å². The number of benzene rings is 2. The van der Waals surface area contributed by atoms with Crippen LogP contribution in [-0.4, -0.2) is 5.91 Å². The molecule has 3 nitrogen and oxygen atoms in total. The Morgan fingerprint density at radius 3 is 2.43 bits per heavy atom. The first-order chi connectivity index (χ1) is 9.83. The van der Waals surface area contributed by atoms with Gasteiger partial charge in [0.2, 0.25) is 5.91 Å². The van der Waals surface area contributed by atoms with E-state index in [-0.39, 0.29) is 5.82 Å². The lowest BCUT2D eigenvalue weighted by atomic mass is 9.88. The van der Waals surface area contributed by atoms with Crippen LogP contribution in [0.15, 0.2) is 42.5 Å². The fraction of sp³-hybridized carbons (Fsp3) is 0.235. The average molecular weight is 286 g/mol. The van der Waals surface area contributed by atoms with Crippen molar-refractivity contribution >= 4 is 11.6 Å². The average Bonchev–Trinajstić information content (AvgIpc) is 2.41. The van der Waals surface area contributed by atoms with Crippen LogP contribution in [0.1, 0.15) is 23.6 Å². The van der Waals surface area contributed by atoms with E-state index in [0.717, 1.165) is 16.7 Å². The molecule has 0 aliphatic heterocycles. The van der Waals surface area contributed by atoms with Gasteiger partial charge in [-0.15, -0.1) is 0 Å². The zero-order valence-electron chi connectivity index (χ0n) is 12.4. The monoisotopic (exact) mass is 286 g/mol. The summed E-state index contributed by atoms with van der Waals surface area (Å²) >= 11 is 0. The van der Waals surface area contributed by atoms with Crippen molar-refractivity contribution in [1.82, 2.24) is 0 Å². The van der Waals surface area contributed by atoms with Crippen molar-refractivity contribution in [2.24, 2.45) is 5.73 Å². The number of carbonyl (C=O) groups excluding carboxylic acids is 1. The van der Waals surface area contributed by atoms with Gasteiger partial charge in [-0.2, -0.15) is 0 Å². The molecule has 110 valence electrons. The summed E-state index contributed by atoms with van der Waals surface area (Å²) < 4.78 is 13.3. The van der Waals surface area contributed by atoms with E-state index in [1.165, 1.54) is 12.1 Å². The number of amides is 1. The van der Waals surface area contributed by atoms with Crippen LogP contribution >= 0.6 is 0 Å². The largest absolute Gasteiger partial charge is 0.368 e. The Bertz CT molecular complexity index is 684. The van der Waals surface area contributed by atoms with E-state index < -0.39 is 11.4 Å². The van der Waals surface area contributed by atoms with Gasteiger partial charge in [0, 0.05) is 5.69 Å². The first-order valence-corrected chi connectivity index (χ1v) is 6.74. The van der Waals surface area contributed by atoms with Crippen molar-refractivity contribution < 1.29 is 9.18 Å². The van der Waals surface area contributed by atoms with Crippen molar-refractivity contribution in [1.29, 1.82) is 0 Å². The highest BCUT2D eigenvalue weighted by molar-refractivity contribution is 5.89. The molecule has 3 N–H and O–H groups in total. The third kappa shape index (κ3) is 3.05. The quantitative estimate of drug-likeness (QED) is 0.906. The number of anilines is 1. The topological polar surface area (TPSA) is 55.1 Å². The van der Waals surface area contributed by atoms with E-state index in [4.69, 9.17) is 5.73 Å². The Balaban J connectivity index is 2.45. The van der Waals surface area contributed by atoms with E-state index >= 15 is 0 Å². The lowest BCUT2D eigenvalue weighted by molar-refractivity contribution is -0.122. The van der Waals surface area contributed by atoms with E-state index in [0.29, 0.717) is 5.69 Å². The first kappa shape index (κ1) is 15.0. The fourth-order valence-electron chi connectivity index (χ4n) is 2.18. The molecule has 0 aliphatic carbocycles. The second kappa shape index (κ2) is 5.56. The minimum absolute atomic E-state index is 0.369. The van der Waals surface area contributed by atoms with Crippen LogP contribution in [0.2, 0.25) is 0 Å². The highest BCUT2D eigenvalue weighted by atomic mass is 19.1. The summed E-state index contributed by atoms with van der Waals surface area (Å²) in [5.41, 5.74) is 7.94. The van der Waals surface area contributed by atoms with Gasteiger partial charge < -0.3 is 11.1 Å².